The Bertz CT molecular complexity index is 1370. The van der Waals surface area contributed by atoms with E-state index in [1.807, 2.05) is 0 Å². The van der Waals surface area contributed by atoms with Gasteiger partial charge in [0.1, 0.15) is 13.2 Å². The molecule has 0 aromatic rings. The second-order valence-corrected chi connectivity index (χ2v) is 19.9. The van der Waals surface area contributed by atoms with Crippen LogP contribution in [-0.4, -0.2) is 37.2 Å². The lowest BCUT2D eigenvalue weighted by Crippen LogP contribution is -2.30. The van der Waals surface area contributed by atoms with Gasteiger partial charge in [-0.3, -0.25) is 14.4 Å². The Labute approximate surface area is 439 Å². The lowest BCUT2D eigenvalue weighted by Gasteiger charge is -2.18. The van der Waals surface area contributed by atoms with Gasteiger partial charge in [-0.15, -0.1) is 0 Å². The van der Waals surface area contributed by atoms with Crippen molar-refractivity contribution in [2.45, 2.75) is 297 Å². The molecule has 6 nitrogen and oxygen atoms in total. The Morgan fingerprint density at radius 1 is 0.296 bits per heavy atom. The van der Waals surface area contributed by atoms with Gasteiger partial charge in [-0.2, -0.15) is 0 Å². The second-order valence-electron chi connectivity index (χ2n) is 19.9. The lowest BCUT2D eigenvalue weighted by molar-refractivity contribution is -0.167. The number of hydrogen-bond acceptors (Lipinski definition) is 6. The number of carbonyl (C=O) groups excluding carboxylic acids is 3. The molecule has 0 amide bonds. The van der Waals surface area contributed by atoms with Crippen LogP contribution >= 0.6 is 0 Å². The third kappa shape index (κ3) is 57.4. The molecule has 0 spiro atoms. The monoisotopic (exact) mass is 989 g/mol. The van der Waals surface area contributed by atoms with Crippen LogP contribution in [0.5, 0.6) is 0 Å². The van der Waals surface area contributed by atoms with E-state index < -0.39 is 6.10 Å². The molecule has 0 aromatic carbocycles. The minimum absolute atomic E-state index is 0.0922. The molecule has 0 aliphatic heterocycles. The van der Waals surface area contributed by atoms with Crippen molar-refractivity contribution in [1.82, 2.24) is 0 Å². The molecule has 0 aliphatic rings. The third-order valence-electron chi connectivity index (χ3n) is 12.9. The van der Waals surface area contributed by atoms with Gasteiger partial charge in [0, 0.05) is 19.3 Å². The maximum Gasteiger partial charge on any atom is 0.306 e. The van der Waals surface area contributed by atoms with Crippen molar-refractivity contribution in [2.24, 2.45) is 0 Å². The first-order valence-electron chi connectivity index (χ1n) is 30.1. The zero-order valence-corrected chi connectivity index (χ0v) is 46.7. The number of carbonyl (C=O) groups is 3. The fourth-order valence-electron chi connectivity index (χ4n) is 8.43. The van der Waals surface area contributed by atoms with Gasteiger partial charge in [0.15, 0.2) is 6.10 Å². The van der Waals surface area contributed by atoms with E-state index in [0.29, 0.717) is 19.3 Å². The predicted molar refractivity (Wildman–Crippen MR) is 307 cm³/mol. The average Bonchev–Trinajstić information content (AvgIpc) is 3.37. The molecule has 0 N–H and O–H groups in total. The molecule has 71 heavy (non-hydrogen) atoms. The van der Waals surface area contributed by atoms with Gasteiger partial charge in [0.2, 0.25) is 0 Å². The molecule has 0 saturated heterocycles. The van der Waals surface area contributed by atoms with Crippen molar-refractivity contribution >= 4 is 17.9 Å². The largest absolute Gasteiger partial charge is 0.462 e. The molecule has 0 aliphatic carbocycles. The zero-order chi connectivity index (χ0) is 51.4. The fourth-order valence-corrected chi connectivity index (χ4v) is 8.43. The number of allylic oxidation sites excluding steroid dienone is 14. The number of ether oxygens (including phenoxy) is 3. The van der Waals surface area contributed by atoms with Gasteiger partial charge < -0.3 is 14.2 Å². The predicted octanol–water partition coefficient (Wildman–Crippen LogP) is 20.3. The zero-order valence-electron chi connectivity index (χ0n) is 46.7. The second kappa shape index (κ2) is 59.2. The first-order chi connectivity index (χ1) is 35.0. The molecule has 6 heteroatoms. The number of rotatable bonds is 54. The van der Waals surface area contributed by atoms with Gasteiger partial charge in [0.05, 0.1) is 0 Å². The SMILES string of the molecule is CC/C=C\C/C=C\C/C=C\C/C=C\C/C=C\C/C=C\C/C=C\CCCC(=O)OCC(COC(=O)CCCCCCCCC)OC(=O)CCCCCCCCCCCCCCCCCCCCCCCCC. The van der Waals surface area contributed by atoms with E-state index in [2.05, 4.69) is 106 Å². The highest BCUT2D eigenvalue weighted by atomic mass is 16.6. The van der Waals surface area contributed by atoms with Gasteiger partial charge in [0.25, 0.3) is 0 Å². The van der Waals surface area contributed by atoms with Crippen LogP contribution in [0, 0.1) is 0 Å². The van der Waals surface area contributed by atoms with Gasteiger partial charge in [-0.1, -0.05) is 286 Å². The summed E-state index contributed by atoms with van der Waals surface area (Å²) >= 11 is 0. The summed E-state index contributed by atoms with van der Waals surface area (Å²) in [5, 5.41) is 0. The molecule has 0 rings (SSSR count). The van der Waals surface area contributed by atoms with Crippen LogP contribution in [0.25, 0.3) is 0 Å². The summed E-state index contributed by atoms with van der Waals surface area (Å²) in [6, 6.07) is 0. The first kappa shape index (κ1) is 67.6. The topological polar surface area (TPSA) is 78.9 Å². The van der Waals surface area contributed by atoms with E-state index in [9.17, 15) is 14.4 Å². The summed E-state index contributed by atoms with van der Waals surface area (Å²) < 4.78 is 16.8. The van der Waals surface area contributed by atoms with Crippen molar-refractivity contribution in [3.63, 3.8) is 0 Å². The Kier molecular flexibility index (Phi) is 56.3. The summed E-state index contributed by atoms with van der Waals surface area (Å²) in [5.74, 6) is -0.952. The summed E-state index contributed by atoms with van der Waals surface area (Å²) in [6.45, 7) is 6.46. The van der Waals surface area contributed by atoms with Crippen LogP contribution in [0.2, 0.25) is 0 Å². The number of esters is 3. The highest BCUT2D eigenvalue weighted by Crippen LogP contribution is 2.17. The maximum atomic E-state index is 12.8. The highest BCUT2D eigenvalue weighted by molar-refractivity contribution is 5.71. The highest BCUT2D eigenvalue weighted by Gasteiger charge is 2.19. The van der Waals surface area contributed by atoms with Crippen molar-refractivity contribution < 1.29 is 28.6 Å². The maximum absolute atomic E-state index is 12.8. The van der Waals surface area contributed by atoms with Crippen molar-refractivity contribution in [3.8, 4) is 0 Å². The van der Waals surface area contributed by atoms with E-state index >= 15 is 0 Å². The van der Waals surface area contributed by atoms with Crippen LogP contribution in [0.3, 0.4) is 0 Å². The average molecular weight is 990 g/mol. The molecule has 0 heterocycles. The normalized spacial score (nSPS) is 12.7. The minimum atomic E-state index is -0.796. The van der Waals surface area contributed by atoms with E-state index in [4.69, 9.17) is 14.2 Å². The van der Waals surface area contributed by atoms with Crippen molar-refractivity contribution in [2.75, 3.05) is 13.2 Å². The minimum Gasteiger partial charge on any atom is -0.462 e. The quantitative estimate of drug-likeness (QED) is 0.0261. The summed E-state index contributed by atoms with van der Waals surface area (Å²) in [5.41, 5.74) is 0. The number of hydrogen-bond donors (Lipinski definition) is 0. The van der Waals surface area contributed by atoms with Crippen LogP contribution in [-0.2, 0) is 28.6 Å². The molecule has 0 radical (unpaired) electrons. The van der Waals surface area contributed by atoms with Crippen molar-refractivity contribution in [1.29, 1.82) is 0 Å². The molecular formula is C65H112O6. The Morgan fingerprint density at radius 2 is 0.549 bits per heavy atom. The summed E-state index contributed by atoms with van der Waals surface area (Å²) in [7, 11) is 0. The molecule has 0 fully saturated rings. The van der Waals surface area contributed by atoms with Gasteiger partial charge >= 0.3 is 17.9 Å². The molecule has 0 aromatic heterocycles. The molecule has 1 unspecified atom stereocenters. The molecule has 1 atom stereocenters. The molecular weight excluding hydrogens is 877 g/mol. The fraction of sp³-hybridized carbons (Fsp3) is 0.738. The number of unbranched alkanes of at least 4 members (excludes halogenated alkanes) is 29. The standard InChI is InChI=1S/C65H112O6/c1-4-7-10-13-16-18-20-22-24-26-28-30-32-34-36-38-40-42-44-46-49-52-55-58-64(67)70-61-62(60-69-63(66)57-54-51-48-15-12-9-6-3)71-65(68)59-56-53-50-47-45-43-41-39-37-35-33-31-29-27-25-23-21-19-17-14-11-8-5-2/h7,10,16,18,22,24,28,30,34,36,40,42,46,49,62H,4-6,8-9,11-15,17,19-21,23,25-27,29,31-33,35,37-39,41,43-45,47-48,50-61H2,1-3H3/b10-7-,18-16-,24-22-,30-28-,36-34-,42-40-,49-46-. The van der Waals surface area contributed by atoms with Crippen molar-refractivity contribution in [3.05, 3.63) is 85.1 Å². The van der Waals surface area contributed by atoms with Crippen LogP contribution in [0.4, 0.5) is 0 Å². The summed E-state index contributed by atoms with van der Waals surface area (Å²) in [4.78, 5) is 38.0. The van der Waals surface area contributed by atoms with E-state index in [-0.39, 0.29) is 37.5 Å². The Morgan fingerprint density at radius 3 is 0.859 bits per heavy atom. The summed E-state index contributed by atoms with van der Waals surface area (Å²) in [6.07, 6.45) is 77.6. The smallest absolute Gasteiger partial charge is 0.306 e. The molecule has 0 bridgehead atoms. The Hall–Kier alpha value is -3.41. The first-order valence-corrected chi connectivity index (χ1v) is 30.1. The lowest BCUT2D eigenvalue weighted by atomic mass is 10.0. The molecule has 408 valence electrons. The Balaban J connectivity index is 4.25. The molecule has 0 saturated carbocycles. The van der Waals surface area contributed by atoms with Gasteiger partial charge in [-0.25, -0.2) is 0 Å². The van der Waals surface area contributed by atoms with Crippen LogP contribution in [0.1, 0.15) is 290 Å². The van der Waals surface area contributed by atoms with Gasteiger partial charge in [-0.05, 0) is 70.6 Å². The van der Waals surface area contributed by atoms with Crippen LogP contribution < -0.4 is 0 Å². The third-order valence-corrected chi connectivity index (χ3v) is 12.9. The van der Waals surface area contributed by atoms with Crippen LogP contribution in [0.15, 0.2) is 85.1 Å². The van der Waals surface area contributed by atoms with E-state index in [0.717, 1.165) is 89.9 Å². The van der Waals surface area contributed by atoms with E-state index in [1.54, 1.807) is 0 Å². The van der Waals surface area contributed by atoms with E-state index in [1.165, 1.54) is 154 Å².